The van der Waals surface area contributed by atoms with Crippen molar-refractivity contribution in [1.29, 1.82) is 0 Å². The van der Waals surface area contributed by atoms with Gasteiger partial charge in [-0.25, -0.2) is 4.63 Å². The molecule has 0 saturated carbocycles. The molecule has 14 heavy (non-hydrogen) atoms. The van der Waals surface area contributed by atoms with Crippen molar-refractivity contribution in [2.75, 3.05) is 5.73 Å². The Morgan fingerprint density at radius 3 is 2.86 bits per heavy atom. The molecule has 0 amide bonds. The number of nitrogens with two attached hydrogens (primary N) is 1. The summed E-state index contributed by atoms with van der Waals surface area (Å²) in [5.74, 6) is -0.444. The van der Waals surface area contributed by atoms with Gasteiger partial charge in [-0.3, -0.25) is 0 Å². The zero-order valence-electron chi connectivity index (χ0n) is 6.56. The van der Waals surface area contributed by atoms with Gasteiger partial charge in [-0.1, -0.05) is 0 Å². The molecule has 0 spiro atoms. The lowest BCUT2D eigenvalue weighted by Gasteiger charge is -1.84. The van der Waals surface area contributed by atoms with E-state index in [2.05, 4.69) is 25.1 Å². The highest BCUT2D eigenvalue weighted by atomic mass is 16.6. The van der Waals surface area contributed by atoms with Crippen molar-refractivity contribution in [3.05, 3.63) is 16.3 Å². The number of anilines is 1. The molecule has 2 aromatic heterocycles. The van der Waals surface area contributed by atoms with Crippen LogP contribution in [-0.4, -0.2) is 30.2 Å². The van der Waals surface area contributed by atoms with Crippen LogP contribution in [0.25, 0.3) is 5.82 Å². The Kier molecular flexibility index (Phi) is 1.59. The van der Waals surface area contributed by atoms with E-state index in [9.17, 15) is 10.1 Å². The first-order chi connectivity index (χ1) is 6.68. The fourth-order valence-electron chi connectivity index (χ4n) is 0.770. The molecule has 2 rings (SSSR count). The number of hydrogen-bond donors (Lipinski definition) is 1. The summed E-state index contributed by atoms with van der Waals surface area (Å²) in [6.07, 6.45) is 0.966. The Morgan fingerprint density at radius 1 is 1.57 bits per heavy atom. The molecular formula is C4H3N7O3. The van der Waals surface area contributed by atoms with E-state index in [1.165, 1.54) is 0 Å². The number of rotatable bonds is 2. The highest BCUT2D eigenvalue weighted by Gasteiger charge is 2.19. The third-order valence-corrected chi connectivity index (χ3v) is 1.35. The maximum absolute atomic E-state index is 10.3. The molecule has 0 saturated heterocycles. The van der Waals surface area contributed by atoms with Crippen LogP contribution in [0.3, 0.4) is 0 Å². The minimum atomic E-state index is -0.687. The van der Waals surface area contributed by atoms with E-state index in [4.69, 9.17) is 5.73 Å². The highest BCUT2D eigenvalue weighted by molar-refractivity contribution is 5.42. The average molecular weight is 197 g/mol. The summed E-state index contributed by atoms with van der Waals surface area (Å²) in [4.78, 5) is 10.4. The summed E-state index contributed by atoms with van der Waals surface area (Å²) >= 11 is 0. The first-order valence-electron chi connectivity index (χ1n) is 3.33. The summed E-state index contributed by atoms with van der Waals surface area (Å²) in [6.45, 7) is 0. The van der Waals surface area contributed by atoms with Crippen molar-refractivity contribution < 1.29 is 9.55 Å². The topological polar surface area (TPSA) is 139 Å². The molecule has 0 unspecified atom stereocenters. The third kappa shape index (κ3) is 1.14. The Bertz CT molecular complexity index is 473. The van der Waals surface area contributed by atoms with E-state index in [-0.39, 0.29) is 11.6 Å². The lowest BCUT2D eigenvalue weighted by atomic mass is 10.7. The summed E-state index contributed by atoms with van der Waals surface area (Å²) < 4.78 is 4.27. The second-order valence-electron chi connectivity index (χ2n) is 2.22. The quantitative estimate of drug-likeness (QED) is 0.484. The monoisotopic (exact) mass is 197 g/mol. The number of nitrogens with zero attached hydrogens (tertiary/aromatic N) is 6. The number of aromatic nitrogens is 5. The summed E-state index contributed by atoms with van der Waals surface area (Å²) in [5, 5.41) is 23.9. The number of nitro groups is 1. The number of nitrogen functional groups attached to an aromatic ring is 1. The normalized spacial score (nSPS) is 10.3. The molecule has 0 aliphatic heterocycles. The van der Waals surface area contributed by atoms with Crippen LogP contribution in [0.2, 0.25) is 0 Å². The molecule has 0 aromatic carbocycles. The lowest BCUT2D eigenvalue weighted by molar-refractivity contribution is -0.389. The fraction of sp³-hybridized carbons (Fsp3) is 0. The van der Waals surface area contributed by atoms with E-state index in [1.54, 1.807) is 0 Å². The van der Waals surface area contributed by atoms with Crippen LogP contribution in [0.5, 0.6) is 0 Å². The summed E-state index contributed by atoms with van der Waals surface area (Å²) in [6, 6.07) is 0. The lowest BCUT2D eigenvalue weighted by Crippen LogP contribution is -2.03. The van der Waals surface area contributed by atoms with Crippen LogP contribution in [-0.2, 0) is 0 Å². The van der Waals surface area contributed by atoms with E-state index in [1.807, 2.05) is 0 Å². The van der Waals surface area contributed by atoms with Gasteiger partial charge in [-0.15, -0.1) is 5.10 Å². The maximum atomic E-state index is 10.3. The Morgan fingerprint density at radius 2 is 2.36 bits per heavy atom. The molecule has 2 heterocycles. The van der Waals surface area contributed by atoms with Gasteiger partial charge in [0.25, 0.3) is 5.82 Å². The third-order valence-electron chi connectivity index (χ3n) is 1.35. The molecule has 0 aliphatic carbocycles. The first-order valence-corrected chi connectivity index (χ1v) is 3.33. The van der Waals surface area contributed by atoms with Gasteiger partial charge in [0.15, 0.2) is 6.20 Å². The Labute approximate surface area is 75.4 Å². The van der Waals surface area contributed by atoms with E-state index in [0.29, 0.717) is 0 Å². The summed E-state index contributed by atoms with van der Waals surface area (Å²) in [7, 11) is 0. The van der Waals surface area contributed by atoms with E-state index in [0.717, 1.165) is 11.0 Å². The van der Waals surface area contributed by atoms with Crippen molar-refractivity contribution in [1.82, 2.24) is 25.3 Å². The predicted molar refractivity (Wildman–Crippen MR) is 40.3 cm³/mol. The van der Waals surface area contributed by atoms with Crippen LogP contribution in [0.4, 0.5) is 11.6 Å². The van der Waals surface area contributed by atoms with Crippen LogP contribution in [0, 0.1) is 10.1 Å². The summed E-state index contributed by atoms with van der Waals surface area (Å²) in [5.41, 5.74) is 5.32. The SMILES string of the molecule is Nc1nonc1-n1ncc([N+](=O)[O-])n1. The number of hydrogen-bond acceptors (Lipinski definition) is 8. The Balaban J connectivity index is 2.43. The molecule has 10 heteroatoms. The minimum Gasteiger partial charge on any atom is -0.377 e. The van der Waals surface area contributed by atoms with Gasteiger partial charge in [0, 0.05) is 0 Å². The molecular weight excluding hydrogens is 194 g/mol. The first kappa shape index (κ1) is 8.10. The van der Waals surface area contributed by atoms with E-state index < -0.39 is 10.7 Å². The fourth-order valence-corrected chi connectivity index (χ4v) is 0.770. The smallest absolute Gasteiger partial charge is 0.377 e. The molecule has 0 radical (unpaired) electrons. The standard InChI is InChI=1S/C4H3N7O3/c5-3-4(9-14-8-3)10-6-1-2(7-10)11(12)13/h1H,(H2,5,8). The van der Waals surface area contributed by atoms with Gasteiger partial charge in [-0.2, -0.15) is 0 Å². The van der Waals surface area contributed by atoms with E-state index >= 15 is 0 Å². The van der Waals surface area contributed by atoms with Crippen molar-refractivity contribution >= 4 is 11.6 Å². The molecule has 72 valence electrons. The molecule has 10 nitrogen and oxygen atoms in total. The van der Waals surface area contributed by atoms with Crippen molar-refractivity contribution in [2.45, 2.75) is 0 Å². The molecule has 0 fully saturated rings. The van der Waals surface area contributed by atoms with Crippen molar-refractivity contribution in [2.24, 2.45) is 0 Å². The van der Waals surface area contributed by atoms with Gasteiger partial charge < -0.3 is 15.8 Å². The van der Waals surface area contributed by atoms with Gasteiger partial charge >= 0.3 is 5.82 Å². The zero-order valence-corrected chi connectivity index (χ0v) is 6.56. The van der Waals surface area contributed by atoms with Crippen LogP contribution in [0.1, 0.15) is 0 Å². The second kappa shape index (κ2) is 2.76. The van der Waals surface area contributed by atoms with Gasteiger partial charge in [0.1, 0.15) is 0 Å². The van der Waals surface area contributed by atoms with Crippen LogP contribution >= 0.6 is 0 Å². The van der Waals surface area contributed by atoms with Crippen LogP contribution < -0.4 is 5.73 Å². The van der Waals surface area contributed by atoms with Crippen molar-refractivity contribution in [3.63, 3.8) is 0 Å². The average Bonchev–Trinajstić information content (AvgIpc) is 2.71. The highest BCUT2D eigenvalue weighted by Crippen LogP contribution is 2.11. The van der Waals surface area contributed by atoms with Crippen molar-refractivity contribution in [3.8, 4) is 5.82 Å². The maximum Gasteiger partial charge on any atom is 0.410 e. The molecule has 2 aromatic rings. The largest absolute Gasteiger partial charge is 0.410 e. The van der Waals surface area contributed by atoms with Gasteiger partial charge in [0.2, 0.25) is 5.82 Å². The molecule has 0 aliphatic rings. The molecule has 0 atom stereocenters. The second-order valence-corrected chi connectivity index (χ2v) is 2.22. The molecule has 2 N–H and O–H groups in total. The Hall–Kier alpha value is -2.52. The molecule has 0 bridgehead atoms. The zero-order chi connectivity index (χ0) is 10.1. The minimum absolute atomic E-state index is 0.0121. The predicted octanol–water partition coefficient (Wildman–Crippen LogP) is -0.859. The van der Waals surface area contributed by atoms with Gasteiger partial charge in [-0.05, 0) is 20.0 Å². The van der Waals surface area contributed by atoms with Crippen LogP contribution in [0.15, 0.2) is 10.8 Å². The van der Waals surface area contributed by atoms with Gasteiger partial charge in [0.05, 0.1) is 5.10 Å².